The fraction of sp³-hybridized carbons (Fsp3) is 0.900. The molecule has 3 N–H and O–H groups in total. The molecule has 1 unspecified atom stereocenters. The van der Waals surface area contributed by atoms with Crippen LogP contribution in [0.2, 0.25) is 0 Å². The molecular weight excluding hydrogens is 196 g/mol. The van der Waals surface area contributed by atoms with Crippen LogP contribution in [0.25, 0.3) is 0 Å². The monoisotopic (exact) mass is 218 g/mol. The minimum absolute atomic E-state index is 0.142. The number of aliphatic hydroxyl groups is 1. The van der Waals surface area contributed by atoms with E-state index in [9.17, 15) is 0 Å². The molecule has 0 aromatic rings. The lowest BCUT2D eigenvalue weighted by molar-refractivity contribution is 0.174. The summed E-state index contributed by atoms with van der Waals surface area (Å²) in [4.78, 5) is 2.71. The maximum absolute atomic E-state index is 8.94. The summed E-state index contributed by atoms with van der Waals surface area (Å²) in [7, 11) is 0. The quantitative estimate of drug-likeness (QED) is 0.600. The Hall–Kier alpha value is -0.190. The summed E-state index contributed by atoms with van der Waals surface area (Å²) in [5.41, 5.74) is 5.66. The Morgan fingerprint density at radius 1 is 1.43 bits per heavy atom. The van der Waals surface area contributed by atoms with E-state index in [1.807, 2.05) is 0 Å². The highest BCUT2D eigenvalue weighted by molar-refractivity contribution is 7.80. The SMILES string of the molecule is CCCCN(CCO)C(CC)C(N)=S. The molecule has 84 valence electrons. The van der Waals surface area contributed by atoms with Crippen LogP contribution in [-0.4, -0.2) is 40.7 Å². The van der Waals surface area contributed by atoms with Gasteiger partial charge in [0.15, 0.2) is 0 Å². The Bertz CT molecular complexity index is 164. The van der Waals surface area contributed by atoms with Crippen molar-refractivity contribution in [1.82, 2.24) is 4.90 Å². The molecule has 0 aromatic heterocycles. The van der Waals surface area contributed by atoms with Gasteiger partial charge in [-0.1, -0.05) is 32.5 Å². The molecule has 1 atom stereocenters. The summed E-state index contributed by atoms with van der Waals surface area (Å²) in [6.07, 6.45) is 3.19. The van der Waals surface area contributed by atoms with Gasteiger partial charge in [-0.05, 0) is 19.4 Å². The summed E-state index contributed by atoms with van der Waals surface area (Å²) in [6, 6.07) is 0.142. The summed E-state index contributed by atoms with van der Waals surface area (Å²) >= 11 is 5.01. The maximum atomic E-state index is 8.94. The molecule has 0 rings (SSSR count). The minimum atomic E-state index is 0.142. The first-order valence-electron chi connectivity index (χ1n) is 5.31. The highest BCUT2D eigenvalue weighted by Gasteiger charge is 2.17. The average Bonchev–Trinajstić information content (AvgIpc) is 2.14. The number of hydrogen-bond acceptors (Lipinski definition) is 3. The van der Waals surface area contributed by atoms with Crippen LogP contribution in [0.5, 0.6) is 0 Å². The molecule has 4 heteroatoms. The molecule has 0 heterocycles. The first-order valence-corrected chi connectivity index (χ1v) is 5.72. The number of nitrogens with two attached hydrogens (primary N) is 1. The molecule has 0 bridgehead atoms. The van der Waals surface area contributed by atoms with E-state index in [1.165, 1.54) is 0 Å². The minimum Gasteiger partial charge on any atom is -0.395 e. The molecule has 0 spiro atoms. The standard InChI is InChI=1S/C10H22N2OS/c1-3-5-6-12(7-8-13)9(4-2)10(11)14/h9,13H,3-8H2,1-2H3,(H2,11,14). The Balaban J connectivity index is 4.19. The summed E-state index contributed by atoms with van der Waals surface area (Å²) in [5, 5.41) is 8.94. The van der Waals surface area contributed by atoms with Gasteiger partial charge in [0.2, 0.25) is 0 Å². The van der Waals surface area contributed by atoms with Gasteiger partial charge in [-0.25, -0.2) is 0 Å². The lowest BCUT2D eigenvalue weighted by atomic mass is 10.1. The molecule has 0 saturated carbocycles. The van der Waals surface area contributed by atoms with E-state index >= 15 is 0 Å². The second kappa shape index (κ2) is 8.15. The first-order chi connectivity index (χ1) is 6.67. The van der Waals surface area contributed by atoms with Gasteiger partial charge in [0, 0.05) is 6.54 Å². The lowest BCUT2D eigenvalue weighted by Crippen LogP contribution is -2.45. The van der Waals surface area contributed by atoms with Crippen molar-refractivity contribution in [3.63, 3.8) is 0 Å². The van der Waals surface area contributed by atoms with Crippen LogP contribution in [0.4, 0.5) is 0 Å². The van der Waals surface area contributed by atoms with Crippen molar-refractivity contribution >= 4 is 17.2 Å². The van der Waals surface area contributed by atoms with Crippen LogP contribution in [0.15, 0.2) is 0 Å². The van der Waals surface area contributed by atoms with Gasteiger partial charge in [-0.2, -0.15) is 0 Å². The Morgan fingerprint density at radius 3 is 2.43 bits per heavy atom. The maximum Gasteiger partial charge on any atom is 0.0901 e. The predicted octanol–water partition coefficient (Wildman–Crippen LogP) is 1.15. The Morgan fingerprint density at radius 2 is 2.07 bits per heavy atom. The number of hydrogen-bond donors (Lipinski definition) is 2. The molecule has 0 aliphatic carbocycles. The zero-order valence-electron chi connectivity index (χ0n) is 9.20. The van der Waals surface area contributed by atoms with Gasteiger partial charge in [-0.3, -0.25) is 4.90 Å². The van der Waals surface area contributed by atoms with Crippen molar-refractivity contribution in [2.24, 2.45) is 5.73 Å². The van der Waals surface area contributed by atoms with E-state index in [1.54, 1.807) is 0 Å². The highest BCUT2D eigenvalue weighted by atomic mass is 32.1. The smallest absolute Gasteiger partial charge is 0.0901 e. The van der Waals surface area contributed by atoms with Gasteiger partial charge < -0.3 is 10.8 Å². The van der Waals surface area contributed by atoms with Crippen molar-refractivity contribution in [3.05, 3.63) is 0 Å². The van der Waals surface area contributed by atoms with Crippen molar-refractivity contribution in [1.29, 1.82) is 0 Å². The summed E-state index contributed by atoms with van der Waals surface area (Å²) < 4.78 is 0. The van der Waals surface area contributed by atoms with Crippen molar-refractivity contribution in [3.8, 4) is 0 Å². The van der Waals surface area contributed by atoms with Gasteiger partial charge in [-0.15, -0.1) is 0 Å². The molecule has 0 radical (unpaired) electrons. The Labute approximate surface area is 92.3 Å². The number of nitrogens with zero attached hydrogens (tertiary/aromatic N) is 1. The van der Waals surface area contributed by atoms with Crippen LogP contribution in [0.3, 0.4) is 0 Å². The van der Waals surface area contributed by atoms with E-state index in [2.05, 4.69) is 18.7 Å². The molecule has 0 saturated heterocycles. The average molecular weight is 218 g/mol. The second-order valence-corrected chi connectivity index (χ2v) is 3.91. The van der Waals surface area contributed by atoms with Gasteiger partial charge >= 0.3 is 0 Å². The Kier molecular flexibility index (Phi) is 8.04. The third kappa shape index (κ3) is 4.88. The number of thiocarbonyl (C=S) groups is 1. The van der Waals surface area contributed by atoms with Crippen LogP contribution < -0.4 is 5.73 Å². The zero-order chi connectivity index (χ0) is 11.0. The fourth-order valence-electron chi connectivity index (χ4n) is 1.55. The predicted molar refractivity (Wildman–Crippen MR) is 64.4 cm³/mol. The summed E-state index contributed by atoms with van der Waals surface area (Å²) in [6.45, 7) is 6.02. The van der Waals surface area contributed by atoms with E-state index in [4.69, 9.17) is 23.1 Å². The van der Waals surface area contributed by atoms with E-state index in [0.717, 1.165) is 25.8 Å². The highest BCUT2D eigenvalue weighted by Crippen LogP contribution is 2.06. The topological polar surface area (TPSA) is 49.5 Å². The van der Waals surface area contributed by atoms with Crippen molar-refractivity contribution in [2.45, 2.75) is 39.2 Å². The number of aliphatic hydroxyl groups excluding tert-OH is 1. The van der Waals surface area contributed by atoms with E-state index in [0.29, 0.717) is 11.5 Å². The normalized spacial score (nSPS) is 13.1. The second-order valence-electron chi connectivity index (χ2n) is 3.44. The molecule has 0 aliphatic heterocycles. The number of rotatable bonds is 8. The molecule has 0 aliphatic rings. The number of unbranched alkanes of at least 4 members (excludes halogenated alkanes) is 1. The fourth-order valence-corrected chi connectivity index (χ4v) is 1.87. The molecule has 0 amide bonds. The van der Waals surface area contributed by atoms with Gasteiger partial charge in [0.1, 0.15) is 0 Å². The third-order valence-electron chi connectivity index (χ3n) is 2.34. The van der Waals surface area contributed by atoms with Crippen LogP contribution in [0, 0.1) is 0 Å². The molecule has 0 fully saturated rings. The van der Waals surface area contributed by atoms with Crippen molar-refractivity contribution in [2.75, 3.05) is 19.7 Å². The molecule has 0 aromatic carbocycles. The van der Waals surface area contributed by atoms with Crippen molar-refractivity contribution < 1.29 is 5.11 Å². The molecular formula is C10H22N2OS. The van der Waals surface area contributed by atoms with Gasteiger partial charge in [0.25, 0.3) is 0 Å². The van der Waals surface area contributed by atoms with Crippen LogP contribution in [0.1, 0.15) is 33.1 Å². The molecule has 14 heavy (non-hydrogen) atoms. The largest absolute Gasteiger partial charge is 0.395 e. The van der Waals surface area contributed by atoms with Crippen LogP contribution >= 0.6 is 12.2 Å². The van der Waals surface area contributed by atoms with Gasteiger partial charge in [0.05, 0.1) is 17.6 Å². The lowest BCUT2D eigenvalue weighted by Gasteiger charge is -2.29. The summed E-state index contributed by atoms with van der Waals surface area (Å²) in [5.74, 6) is 0. The zero-order valence-corrected chi connectivity index (χ0v) is 10.0. The van der Waals surface area contributed by atoms with Crippen LogP contribution in [-0.2, 0) is 0 Å². The first kappa shape index (κ1) is 13.8. The third-order valence-corrected chi connectivity index (χ3v) is 2.61. The molecule has 3 nitrogen and oxygen atoms in total. The van der Waals surface area contributed by atoms with E-state index < -0.39 is 0 Å². The van der Waals surface area contributed by atoms with E-state index in [-0.39, 0.29) is 12.6 Å².